The maximum absolute atomic E-state index is 13.3. The summed E-state index contributed by atoms with van der Waals surface area (Å²) < 4.78 is 40.5. The molecule has 3 aromatic rings. The number of halogens is 1. The Bertz CT molecular complexity index is 1070. The molecule has 3 rings (SSSR count). The zero-order valence-corrected chi connectivity index (χ0v) is 16.0. The van der Waals surface area contributed by atoms with E-state index in [-0.39, 0.29) is 23.2 Å². The third-order valence-corrected chi connectivity index (χ3v) is 5.49. The normalized spacial score (nSPS) is 11.1. The molecular formula is C21H19FN2O3S. The van der Waals surface area contributed by atoms with E-state index in [1.165, 1.54) is 41.3 Å². The summed E-state index contributed by atoms with van der Waals surface area (Å²) in [6, 6.07) is 20.3. The third kappa shape index (κ3) is 4.75. The molecule has 28 heavy (non-hydrogen) atoms. The molecular weight excluding hydrogens is 379 g/mol. The van der Waals surface area contributed by atoms with Crippen LogP contribution >= 0.6 is 0 Å². The van der Waals surface area contributed by atoms with Crippen LogP contribution in [0.1, 0.15) is 15.9 Å². The monoisotopic (exact) mass is 398 g/mol. The van der Waals surface area contributed by atoms with E-state index < -0.39 is 10.0 Å². The average Bonchev–Trinajstić information content (AvgIpc) is 2.68. The third-order valence-electron chi connectivity index (χ3n) is 4.09. The van der Waals surface area contributed by atoms with Crippen LogP contribution in [0.5, 0.6) is 0 Å². The fraction of sp³-hybridized carbons (Fsp3) is 0.0952. The van der Waals surface area contributed by atoms with Gasteiger partial charge in [-0.05, 0) is 54.1 Å². The summed E-state index contributed by atoms with van der Waals surface area (Å²) in [4.78, 5) is 14.2. The van der Waals surface area contributed by atoms with Crippen molar-refractivity contribution in [3.63, 3.8) is 0 Å². The number of anilines is 1. The van der Waals surface area contributed by atoms with Gasteiger partial charge in [0.2, 0.25) is 0 Å². The Morgan fingerprint density at radius 3 is 2.29 bits per heavy atom. The molecule has 0 spiro atoms. The number of sulfonamides is 1. The summed E-state index contributed by atoms with van der Waals surface area (Å²) in [5.74, 6) is -0.602. The Balaban J connectivity index is 1.69. The second kappa shape index (κ2) is 8.22. The van der Waals surface area contributed by atoms with E-state index in [4.69, 9.17) is 0 Å². The summed E-state index contributed by atoms with van der Waals surface area (Å²) >= 11 is 0. The summed E-state index contributed by atoms with van der Waals surface area (Å²) in [5, 5.41) is 0. The second-order valence-corrected chi connectivity index (χ2v) is 7.97. The lowest BCUT2D eigenvalue weighted by Crippen LogP contribution is -2.26. The molecule has 0 heterocycles. The minimum Gasteiger partial charge on any atom is -0.337 e. The molecule has 1 N–H and O–H groups in total. The number of carbonyl (C=O) groups is 1. The molecule has 0 radical (unpaired) electrons. The Labute approximate surface area is 163 Å². The van der Waals surface area contributed by atoms with Crippen LogP contribution in [0, 0.1) is 5.82 Å². The van der Waals surface area contributed by atoms with E-state index in [2.05, 4.69) is 4.72 Å². The summed E-state index contributed by atoms with van der Waals surface area (Å²) in [5.41, 5.74) is 1.44. The van der Waals surface area contributed by atoms with Crippen molar-refractivity contribution in [2.75, 3.05) is 11.8 Å². The summed E-state index contributed by atoms with van der Waals surface area (Å²) in [6.45, 7) is 0.263. The van der Waals surface area contributed by atoms with Crippen molar-refractivity contribution >= 4 is 21.6 Å². The highest BCUT2D eigenvalue weighted by molar-refractivity contribution is 7.92. The van der Waals surface area contributed by atoms with Crippen LogP contribution in [-0.4, -0.2) is 26.3 Å². The number of carbonyl (C=O) groups excluding carboxylic acids is 1. The van der Waals surface area contributed by atoms with Gasteiger partial charge in [0.1, 0.15) is 5.82 Å². The average molecular weight is 398 g/mol. The molecule has 144 valence electrons. The maximum Gasteiger partial charge on any atom is 0.261 e. The number of hydrogen-bond donors (Lipinski definition) is 1. The maximum atomic E-state index is 13.3. The SMILES string of the molecule is CN(Cc1cccc(F)c1)C(=O)c1ccc(NS(=O)(=O)c2ccccc2)cc1. The van der Waals surface area contributed by atoms with E-state index in [0.717, 1.165) is 0 Å². The van der Waals surface area contributed by atoms with E-state index in [0.29, 0.717) is 16.8 Å². The first-order chi connectivity index (χ1) is 13.3. The number of amides is 1. The van der Waals surface area contributed by atoms with Gasteiger partial charge in [0, 0.05) is 24.8 Å². The van der Waals surface area contributed by atoms with Gasteiger partial charge >= 0.3 is 0 Å². The van der Waals surface area contributed by atoms with Gasteiger partial charge in [-0.3, -0.25) is 9.52 Å². The van der Waals surface area contributed by atoms with Gasteiger partial charge in [-0.1, -0.05) is 30.3 Å². The van der Waals surface area contributed by atoms with Crippen LogP contribution in [0.4, 0.5) is 10.1 Å². The molecule has 0 aliphatic rings. The molecule has 7 heteroatoms. The van der Waals surface area contributed by atoms with Gasteiger partial charge in [0.15, 0.2) is 0 Å². The van der Waals surface area contributed by atoms with Crippen molar-refractivity contribution in [1.29, 1.82) is 0 Å². The van der Waals surface area contributed by atoms with E-state index in [9.17, 15) is 17.6 Å². The molecule has 0 aliphatic heterocycles. The van der Waals surface area contributed by atoms with Gasteiger partial charge < -0.3 is 4.90 Å². The lowest BCUT2D eigenvalue weighted by atomic mass is 10.1. The minimum atomic E-state index is -3.69. The Hall–Kier alpha value is -3.19. The quantitative estimate of drug-likeness (QED) is 0.685. The van der Waals surface area contributed by atoms with E-state index in [1.807, 2.05) is 0 Å². The molecule has 3 aromatic carbocycles. The predicted octanol–water partition coefficient (Wildman–Crippen LogP) is 3.90. The van der Waals surface area contributed by atoms with Gasteiger partial charge in [-0.25, -0.2) is 12.8 Å². The molecule has 0 saturated carbocycles. The van der Waals surface area contributed by atoms with Crippen LogP contribution in [0.3, 0.4) is 0 Å². The van der Waals surface area contributed by atoms with Crippen LogP contribution in [0.15, 0.2) is 83.8 Å². The molecule has 0 fully saturated rings. The standard InChI is InChI=1S/C21H19FN2O3S/c1-24(15-16-6-5-7-18(22)14-16)21(25)17-10-12-19(13-11-17)23-28(26,27)20-8-3-2-4-9-20/h2-14,23H,15H2,1H3. The van der Waals surface area contributed by atoms with Crippen molar-refractivity contribution < 1.29 is 17.6 Å². The van der Waals surface area contributed by atoms with Crippen LogP contribution in [0.25, 0.3) is 0 Å². The number of benzene rings is 3. The highest BCUT2D eigenvalue weighted by Gasteiger charge is 2.15. The van der Waals surface area contributed by atoms with Crippen LogP contribution < -0.4 is 4.72 Å². The lowest BCUT2D eigenvalue weighted by Gasteiger charge is -2.17. The second-order valence-electron chi connectivity index (χ2n) is 6.29. The van der Waals surface area contributed by atoms with Crippen LogP contribution in [-0.2, 0) is 16.6 Å². The number of nitrogens with zero attached hydrogens (tertiary/aromatic N) is 1. The molecule has 0 bridgehead atoms. The zero-order chi connectivity index (χ0) is 20.1. The Morgan fingerprint density at radius 1 is 0.964 bits per heavy atom. The van der Waals surface area contributed by atoms with E-state index in [1.54, 1.807) is 49.5 Å². The smallest absolute Gasteiger partial charge is 0.261 e. The fourth-order valence-electron chi connectivity index (χ4n) is 2.70. The number of nitrogens with one attached hydrogen (secondary N) is 1. The Morgan fingerprint density at radius 2 is 1.64 bits per heavy atom. The summed E-state index contributed by atoms with van der Waals surface area (Å²) in [7, 11) is -2.06. The van der Waals surface area contributed by atoms with Crippen LogP contribution in [0.2, 0.25) is 0 Å². The van der Waals surface area contributed by atoms with Crippen molar-refractivity contribution in [3.8, 4) is 0 Å². The number of hydrogen-bond acceptors (Lipinski definition) is 3. The van der Waals surface area contributed by atoms with Crippen molar-refractivity contribution in [3.05, 3.63) is 95.8 Å². The first-order valence-electron chi connectivity index (χ1n) is 8.53. The highest BCUT2D eigenvalue weighted by atomic mass is 32.2. The molecule has 0 saturated heterocycles. The molecule has 1 amide bonds. The van der Waals surface area contributed by atoms with E-state index >= 15 is 0 Å². The minimum absolute atomic E-state index is 0.157. The van der Waals surface area contributed by atoms with Gasteiger partial charge in [0.25, 0.3) is 15.9 Å². The summed E-state index contributed by atoms with van der Waals surface area (Å²) in [6.07, 6.45) is 0. The van der Waals surface area contributed by atoms with Crippen molar-refractivity contribution in [1.82, 2.24) is 4.90 Å². The van der Waals surface area contributed by atoms with Gasteiger partial charge in [0.05, 0.1) is 4.90 Å². The molecule has 0 aliphatic carbocycles. The van der Waals surface area contributed by atoms with Crippen molar-refractivity contribution in [2.45, 2.75) is 11.4 Å². The first kappa shape index (κ1) is 19.6. The van der Waals surface area contributed by atoms with Gasteiger partial charge in [-0.15, -0.1) is 0 Å². The molecule has 0 aromatic heterocycles. The Kier molecular flexibility index (Phi) is 5.75. The lowest BCUT2D eigenvalue weighted by molar-refractivity contribution is 0.0785. The largest absolute Gasteiger partial charge is 0.337 e. The molecule has 5 nitrogen and oxygen atoms in total. The highest BCUT2D eigenvalue weighted by Crippen LogP contribution is 2.17. The molecule has 0 unspecified atom stereocenters. The molecule has 0 atom stereocenters. The van der Waals surface area contributed by atoms with Crippen molar-refractivity contribution in [2.24, 2.45) is 0 Å². The zero-order valence-electron chi connectivity index (χ0n) is 15.2. The fourth-order valence-corrected chi connectivity index (χ4v) is 3.78. The topological polar surface area (TPSA) is 66.5 Å². The van der Waals surface area contributed by atoms with Gasteiger partial charge in [-0.2, -0.15) is 0 Å². The number of rotatable bonds is 6. The first-order valence-corrected chi connectivity index (χ1v) is 10.0. The predicted molar refractivity (Wildman–Crippen MR) is 106 cm³/mol.